The molecule has 2 amide bonds. The maximum Gasteiger partial charge on any atom is 0.233 e. The highest BCUT2D eigenvalue weighted by Crippen LogP contribution is 2.42. The Bertz CT molecular complexity index is 679. The van der Waals surface area contributed by atoms with Gasteiger partial charge in [0.1, 0.15) is 0 Å². The van der Waals surface area contributed by atoms with Crippen LogP contribution in [0, 0.1) is 11.8 Å². The zero-order valence-electron chi connectivity index (χ0n) is 16.5. The quantitative estimate of drug-likeness (QED) is 0.851. The molecule has 4 nitrogen and oxygen atoms in total. The van der Waals surface area contributed by atoms with Crippen LogP contribution in [0.1, 0.15) is 70.3 Å². The van der Waals surface area contributed by atoms with Gasteiger partial charge in [0.2, 0.25) is 11.8 Å². The van der Waals surface area contributed by atoms with Gasteiger partial charge in [0, 0.05) is 24.7 Å². The first-order valence-electron chi connectivity index (χ1n) is 10.8. The summed E-state index contributed by atoms with van der Waals surface area (Å²) in [6.07, 6.45) is 9.62. The summed E-state index contributed by atoms with van der Waals surface area (Å²) in [5, 5.41) is 3.01. The van der Waals surface area contributed by atoms with Gasteiger partial charge in [-0.2, -0.15) is 0 Å². The molecule has 0 spiro atoms. The molecule has 0 atom stereocenters. The maximum absolute atomic E-state index is 13.6. The summed E-state index contributed by atoms with van der Waals surface area (Å²) < 4.78 is 0. The molecule has 1 N–H and O–H groups in total. The molecule has 3 fully saturated rings. The average molecular weight is 369 g/mol. The molecule has 4 heteroatoms. The van der Waals surface area contributed by atoms with E-state index in [4.69, 9.17) is 0 Å². The van der Waals surface area contributed by atoms with Crippen LogP contribution in [-0.4, -0.2) is 29.8 Å². The highest BCUT2D eigenvalue weighted by Gasteiger charge is 2.44. The second-order valence-electron chi connectivity index (χ2n) is 8.96. The zero-order valence-corrected chi connectivity index (χ0v) is 16.5. The normalized spacial score (nSPS) is 23.1. The smallest absolute Gasteiger partial charge is 0.233 e. The van der Waals surface area contributed by atoms with Gasteiger partial charge >= 0.3 is 0 Å². The summed E-state index contributed by atoms with van der Waals surface area (Å²) >= 11 is 0. The first-order valence-corrected chi connectivity index (χ1v) is 10.8. The first-order chi connectivity index (χ1) is 13.1. The number of nitrogens with zero attached hydrogens (tertiary/aromatic N) is 1. The van der Waals surface area contributed by atoms with E-state index in [1.807, 2.05) is 12.1 Å². The van der Waals surface area contributed by atoms with Crippen LogP contribution < -0.4 is 5.32 Å². The van der Waals surface area contributed by atoms with Crippen molar-refractivity contribution in [2.24, 2.45) is 11.8 Å². The van der Waals surface area contributed by atoms with Gasteiger partial charge in [-0.15, -0.1) is 0 Å². The third-order valence-electron chi connectivity index (χ3n) is 6.84. The Hall–Kier alpha value is -1.84. The summed E-state index contributed by atoms with van der Waals surface area (Å²) in [7, 11) is 0. The van der Waals surface area contributed by atoms with Crippen LogP contribution in [0.2, 0.25) is 0 Å². The van der Waals surface area contributed by atoms with Crippen molar-refractivity contribution in [3.05, 3.63) is 29.8 Å². The fourth-order valence-corrected chi connectivity index (χ4v) is 4.76. The van der Waals surface area contributed by atoms with E-state index in [0.717, 1.165) is 81.6 Å². The lowest BCUT2D eigenvalue weighted by atomic mass is 9.68. The van der Waals surface area contributed by atoms with Crippen molar-refractivity contribution in [1.29, 1.82) is 0 Å². The van der Waals surface area contributed by atoms with Crippen LogP contribution >= 0.6 is 0 Å². The Morgan fingerprint density at radius 1 is 0.963 bits per heavy atom. The molecule has 0 radical (unpaired) electrons. The maximum atomic E-state index is 13.6. The fraction of sp³-hybridized carbons (Fsp3) is 0.652. The number of benzene rings is 1. The van der Waals surface area contributed by atoms with E-state index in [-0.39, 0.29) is 17.2 Å². The van der Waals surface area contributed by atoms with Crippen LogP contribution in [0.3, 0.4) is 0 Å². The van der Waals surface area contributed by atoms with Crippen molar-refractivity contribution in [3.63, 3.8) is 0 Å². The van der Waals surface area contributed by atoms with E-state index in [2.05, 4.69) is 29.3 Å². The molecule has 2 saturated carbocycles. The third-order valence-corrected chi connectivity index (χ3v) is 6.84. The first kappa shape index (κ1) is 18.5. The number of rotatable bonds is 4. The molecule has 0 bridgehead atoms. The molecule has 27 heavy (non-hydrogen) atoms. The number of likely N-dealkylation sites (tertiary alicyclic amines) is 1. The van der Waals surface area contributed by atoms with Crippen LogP contribution in [-0.2, 0) is 15.0 Å². The average Bonchev–Trinajstić information content (AvgIpc) is 3.54. The molecule has 1 heterocycles. The number of nitrogens with one attached hydrogen (secondary N) is 1. The van der Waals surface area contributed by atoms with Crippen molar-refractivity contribution in [2.75, 3.05) is 18.4 Å². The second-order valence-corrected chi connectivity index (χ2v) is 8.96. The van der Waals surface area contributed by atoms with Gasteiger partial charge in [-0.1, -0.05) is 38.3 Å². The Labute approximate surface area is 162 Å². The lowest BCUT2D eigenvalue weighted by molar-refractivity contribution is -0.140. The topological polar surface area (TPSA) is 49.4 Å². The molecule has 1 aromatic rings. The van der Waals surface area contributed by atoms with Crippen LogP contribution in [0.15, 0.2) is 24.3 Å². The SMILES string of the molecule is CC1CCN(C(=O)C2(c3ccc(NC(=O)C4CC4)cc3)CCCCC2)CC1. The van der Waals surface area contributed by atoms with Crippen molar-refractivity contribution in [2.45, 2.75) is 70.1 Å². The van der Waals surface area contributed by atoms with E-state index >= 15 is 0 Å². The molecule has 0 aromatic heterocycles. The molecule has 4 rings (SSSR count). The lowest BCUT2D eigenvalue weighted by Gasteiger charge is -2.42. The Balaban J connectivity index is 1.53. The Morgan fingerprint density at radius 3 is 2.19 bits per heavy atom. The van der Waals surface area contributed by atoms with Gasteiger partial charge in [0.05, 0.1) is 5.41 Å². The molecule has 1 saturated heterocycles. The molecule has 0 unspecified atom stereocenters. The predicted octanol–water partition coefficient (Wildman–Crippen LogP) is 4.50. The molecule has 2 aliphatic carbocycles. The summed E-state index contributed by atoms with van der Waals surface area (Å²) in [6.45, 7) is 4.08. The number of carbonyl (C=O) groups is 2. The van der Waals surface area contributed by atoms with Gasteiger partial charge in [-0.3, -0.25) is 9.59 Å². The van der Waals surface area contributed by atoms with Crippen LogP contribution in [0.4, 0.5) is 5.69 Å². The van der Waals surface area contributed by atoms with Crippen molar-refractivity contribution >= 4 is 17.5 Å². The van der Waals surface area contributed by atoms with Gasteiger partial charge < -0.3 is 10.2 Å². The van der Waals surface area contributed by atoms with Gasteiger partial charge in [-0.25, -0.2) is 0 Å². The highest BCUT2D eigenvalue weighted by atomic mass is 16.2. The molecular formula is C23H32N2O2. The number of amides is 2. The molecule has 1 aliphatic heterocycles. The number of carbonyl (C=O) groups excluding carboxylic acids is 2. The van der Waals surface area contributed by atoms with E-state index in [1.165, 1.54) is 6.42 Å². The van der Waals surface area contributed by atoms with Gasteiger partial charge in [0.15, 0.2) is 0 Å². The minimum Gasteiger partial charge on any atom is -0.342 e. The largest absolute Gasteiger partial charge is 0.342 e. The monoisotopic (exact) mass is 368 g/mol. The summed E-state index contributed by atoms with van der Waals surface area (Å²) in [6, 6.07) is 8.13. The Kier molecular flexibility index (Phi) is 5.25. The zero-order chi connectivity index (χ0) is 18.9. The molecule has 1 aromatic carbocycles. The summed E-state index contributed by atoms with van der Waals surface area (Å²) in [5.41, 5.74) is 1.62. The van der Waals surface area contributed by atoms with Crippen LogP contribution in [0.5, 0.6) is 0 Å². The van der Waals surface area contributed by atoms with Gasteiger partial charge in [-0.05, 0) is 62.1 Å². The van der Waals surface area contributed by atoms with Crippen molar-refractivity contribution in [3.8, 4) is 0 Å². The third kappa shape index (κ3) is 3.90. The van der Waals surface area contributed by atoms with Crippen molar-refractivity contribution < 1.29 is 9.59 Å². The van der Waals surface area contributed by atoms with E-state index in [0.29, 0.717) is 5.91 Å². The Morgan fingerprint density at radius 2 is 1.59 bits per heavy atom. The second kappa shape index (κ2) is 7.65. The number of hydrogen-bond donors (Lipinski definition) is 1. The molecular weight excluding hydrogens is 336 g/mol. The van der Waals surface area contributed by atoms with Crippen molar-refractivity contribution in [1.82, 2.24) is 4.90 Å². The predicted molar refractivity (Wildman–Crippen MR) is 108 cm³/mol. The minimum atomic E-state index is -0.363. The standard InChI is InChI=1S/C23H32N2O2/c1-17-11-15-25(16-12-17)22(27)23(13-3-2-4-14-23)19-7-9-20(10-8-19)24-21(26)18-5-6-18/h7-10,17-18H,2-6,11-16H2,1H3,(H,24,26). The van der Waals surface area contributed by atoms with E-state index < -0.39 is 0 Å². The summed E-state index contributed by atoms with van der Waals surface area (Å²) in [5.74, 6) is 1.40. The van der Waals surface area contributed by atoms with E-state index in [9.17, 15) is 9.59 Å². The van der Waals surface area contributed by atoms with E-state index in [1.54, 1.807) is 0 Å². The van der Waals surface area contributed by atoms with Crippen LogP contribution in [0.25, 0.3) is 0 Å². The minimum absolute atomic E-state index is 0.133. The number of hydrogen-bond acceptors (Lipinski definition) is 2. The van der Waals surface area contributed by atoms with Gasteiger partial charge in [0.25, 0.3) is 0 Å². The fourth-order valence-electron chi connectivity index (χ4n) is 4.76. The molecule has 146 valence electrons. The number of anilines is 1. The molecule has 3 aliphatic rings. The lowest BCUT2D eigenvalue weighted by Crippen LogP contribution is -2.50. The number of piperidine rings is 1. The summed E-state index contributed by atoms with van der Waals surface area (Å²) in [4.78, 5) is 27.7. The highest BCUT2D eigenvalue weighted by molar-refractivity contribution is 5.94.